The maximum Gasteiger partial charge on any atom is 0.337 e. The van der Waals surface area contributed by atoms with Crippen molar-refractivity contribution in [3.8, 4) is 5.75 Å². The van der Waals surface area contributed by atoms with Crippen molar-refractivity contribution in [1.82, 2.24) is 5.32 Å². The van der Waals surface area contributed by atoms with Crippen LogP contribution in [-0.4, -0.2) is 28.2 Å². The smallest absolute Gasteiger partial charge is 0.337 e. The van der Waals surface area contributed by atoms with Crippen LogP contribution in [0.2, 0.25) is 0 Å². The van der Waals surface area contributed by atoms with Gasteiger partial charge in [-0.1, -0.05) is 22.9 Å². The molecule has 0 aromatic heterocycles. The summed E-state index contributed by atoms with van der Waals surface area (Å²) < 4.78 is 6.77. The summed E-state index contributed by atoms with van der Waals surface area (Å²) in [5.41, 5.74) is 0.650. The number of carbonyl (C=O) groups is 2. The molecule has 1 atom stereocenters. The van der Waals surface area contributed by atoms with Gasteiger partial charge in [0, 0.05) is 14.5 Å². The molecule has 6 nitrogen and oxygen atoms in total. The summed E-state index contributed by atoms with van der Waals surface area (Å²) in [6.07, 6.45) is 0.968. The molecule has 0 spiro atoms. The fourth-order valence-corrected chi connectivity index (χ4v) is 3.71. The van der Waals surface area contributed by atoms with Crippen LogP contribution in [0.1, 0.15) is 41.0 Å². The fourth-order valence-electron chi connectivity index (χ4n) is 2.19. The number of aromatic carboxylic acids is 1. The zero-order chi connectivity index (χ0) is 20.8. The predicted octanol–water partition coefficient (Wildman–Crippen LogP) is 5.21. The van der Waals surface area contributed by atoms with Gasteiger partial charge < -0.3 is 15.2 Å². The number of rotatable bonds is 6. The highest BCUT2D eigenvalue weighted by atomic mass is 79.9. The first-order chi connectivity index (χ1) is 13.2. The Kier molecular flexibility index (Phi) is 7.97. The van der Waals surface area contributed by atoms with E-state index in [-0.39, 0.29) is 22.5 Å². The molecular weight excluding hydrogens is 512 g/mol. The predicted molar refractivity (Wildman–Crippen MR) is 119 cm³/mol. The highest BCUT2D eigenvalue weighted by Gasteiger charge is 2.17. The Bertz CT molecular complexity index is 904. The number of benzene rings is 2. The Morgan fingerprint density at radius 3 is 2.43 bits per heavy atom. The van der Waals surface area contributed by atoms with E-state index in [4.69, 9.17) is 17.0 Å². The lowest BCUT2D eigenvalue weighted by atomic mass is 10.2. The lowest BCUT2D eigenvalue weighted by Crippen LogP contribution is -2.34. The number of carbonyl (C=O) groups excluding carboxylic acids is 1. The molecule has 2 aromatic rings. The van der Waals surface area contributed by atoms with E-state index < -0.39 is 11.9 Å². The largest absolute Gasteiger partial charge is 0.491 e. The molecule has 0 unspecified atom stereocenters. The van der Waals surface area contributed by atoms with E-state index in [0.29, 0.717) is 20.3 Å². The number of carboxylic acids is 1. The minimum absolute atomic E-state index is 0.00407. The van der Waals surface area contributed by atoms with Crippen LogP contribution in [0.25, 0.3) is 0 Å². The van der Waals surface area contributed by atoms with Gasteiger partial charge in [0.15, 0.2) is 5.11 Å². The van der Waals surface area contributed by atoms with Crippen molar-refractivity contribution in [3.63, 3.8) is 0 Å². The Balaban J connectivity index is 2.07. The van der Waals surface area contributed by atoms with E-state index in [1.54, 1.807) is 30.3 Å². The highest BCUT2D eigenvalue weighted by Crippen LogP contribution is 2.31. The van der Waals surface area contributed by atoms with Gasteiger partial charge in [-0.25, -0.2) is 4.79 Å². The number of anilines is 1. The van der Waals surface area contributed by atoms with Crippen LogP contribution in [0, 0.1) is 0 Å². The van der Waals surface area contributed by atoms with Gasteiger partial charge in [-0.15, -0.1) is 0 Å². The Labute approximate surface area is 184 Å². The third-order valence-corrected chi connectivity index (χ3v) is 5.07. The highest BCUT2D eigenvalue weighted by molar-refractivity contribution is 9.11. The van der Waals surface area contributed by atoms with Crippen molar-refractivity contribution in [3.05, 3.63) is 56.5 Å². The maximum absolute atomic E-state index is 12.4. The standard InChI is InChI=1S/C19H18Br2N2O4S/c1-3-10(2)27-13-6-4-11(5-7-13)17(24)23-19(28)22-16-14(18(25)26)8-12(20)9-15(16)21/h4-10H,3H2,1-2H3,(H,25,26)(H2,22,23,24,28)/t10-/m1/s1. The van der Waals surface area contributed by atoms with Crippen LogP contribution in [-0.2, 0) is 0 Å². The molecule has 0 fully saturated rings. The van der Waals surface area contributed by atoms with Crippen LogP contribution in [0.3, 0.4) is 0 Å². The molecule has 2 rings (SSSR count). The monoisotopic (exact) mass is 528 g/mol. The summed E-state index contributed by atoms with van der Waals surface area (Å²) in [5, 5.41) is 14.6. The first kappa shape index (κ1) is 22.3. The number of thiocarbonyl (C=S) groups is 1. The van der Waals surface area contributed by atoms with Gasteiger partial charge >= 0.3 is 5.97 Å². The molecule has 148 valence electrons. The van der Waals surface area contributed by atoms with Crippen molar-refractivity contribution in [2.24, 2.45) is 0 Å². The van der Waals surface area contributed by atoms with Gasteiger partial charge in [-0.3, -0.25) is 10.1 Å². The maximum atomic E-state index is 12.4. The minimum atomic E-state index is -1.13. The molecule has 0 saturated heterocycles. The zero-order valence-electron chi connectivity index (χ0n) is 15.1. The fraction of sp³-hybridized carbons (Fsp3) is 0.211. The number of nitrogens with one attached hydrogen (secondary N) is 2. The molecule has 1 amide bonds. The second-order valence-electron chi connectivity index (χ2n) is 5.88. The number of hydrogen-bond acceptors (Lipinski definition) is 4. The molecule has 2 aromatic carbocycles. The molecule has 0 saturated carbocycles. The van der Waals surface area contributed by atoms with Crippen LogP contribution < -0.4 is 15.4 Å². The summed E-state index contributed by atoms with van der Waals surface area (Å²) in [6, 6.07) is 9.81. The molecule has 0 radical (unpaired) electrons. The van der Waals surface area contributed by atoms with E-state index in [9.17, 15) is 14.7 Å². The molecule has 0 aliphatic carbocycles. The van der Waals surface area contributed by atoms with Crippen LogP contribution in [0.5, 0.6) is 5.75 Å². The molecule has 0 aliphatic heterocycles. The first-order valence-electron chi connectivity index (χ1n) is 8.32. The van der Waals surface area contributed by atoms with Crippen LogP contribution in [0.15, 0.2) is 45.3 Å². The zero-order valence-corrected chi connectivity index (χ0v) is 19.1. The van der Waals surface area contributed by atoms with Crippen molar-refractivity contribution < 1.29 is 19.4 Å². The average molecular weight is 530 g/mol. The first-order valence-corrected chi connectivity index (χ1v) is 10.3. The minimum Gasteiger partial charge on any atom is -0.491 e. The lowest BCUT2D eigenvalue weighted by Gasteiger charge is -2.15. The van der Waals surface area contributed by atoms with E-state index in [1.165, 1.54) is 6.07 Å². The van der Waals surface area contributed by atoms with Crippen molar-refractivity contribution in [2.45, 2.75) is 26.4 Å². The van der Waals surface area contributed by atoms with Crippen molar-refractivity contribution >= 4 is 66.8 Å². The van der Waals surface area contributed by atoms with E-state index in [2.05, 4.69) is 42.5 Å². The molecule has 3 N–H and O–H groups in total. The second kappa shape index (κ2) is 9.99. The van der Waals surface area contributed by atoms with Crippen LogP contribution >= 0.6 is 44.1 Å². The number of ether oxygens (including phenoxy) is 1. The summed E-state index contributed by atoms with van der Waals surface area (Å²) in [5.74, 6) is -0.871. The van der Waals surface area contributed by atoms with Gasteiger partial charge in [-0.2, -0.15) is 0 Å². The molecular formula is C19H18Br2N2O4S. The van der Waals surface area contributed by atoms with Crippen molar-refractivity contribution in [2.75, 3.05) is 5.32 Å². The SMILES string of the molecule is CC[C@@H](C)Oc1ccc(C(=O)NC(=S)Nc2c(Br)cc(Br)cc2C(=O)O)cc1. The third-order valence-electron chi connectivity index (χ3n) is 3.78. The van der Waals surface area contributed by atoms with E-state index in [1.807, 2.05) is 13.8 Å². The van der Waals surface area contributed by atoms with Gasteiger partial charge in [0.25, 0.3) is 5.91 Å². The second-order valence-corrected chi connectivity index (χ2v) is 8.06. The molecule has 0 aliphatic rings. The van der Waals surface area contributed by atoms with E-state index in [0.717, 1.165) is 6.42 Å². The van der Waals surface area contributed by atoms with Gasteiger partial charge in [0.2, 0.25) is 0 Å². The van der Waals surface area contributed by atoms with Crippen LogP contribution in [0.4, 0.5) is 5.69 Å². The molecule has 0 bridgehead atoms. The van der Waals surface area contributed by atoms with Gasteiger partial charge in [0.05, 0.1) is 17.4 Å². The summed E-state index contributed by atoms with van der Waals surface area (Å²) in [4.78, 5) is 23.8. The quantitative estimate of drug-likeness (QED) is 0.445. The molecule has 9 heteroatoms. The summed E-state index contributed by atoms with van der Waals surface area (Å²) in [6.45, 7) is 4.00. The Morgan fingerprint density at radius 2 is 1.86 bits per heavy atom. The lowest BCUT2D eigenvalue weighted by molar-refractivity contribution is 0.0697. The number of halogens is 2. The number of hydrogen-bond donors (Lipinski definition) is 3. The Morgan fingerprint density at radius 1 is 1.21 bits per heavy atom. The molecule has 28 heavy (non-hydrogen) atoms. The Hall–Kier alpha value is -1.97. The van der Waals surface area contributed by atoms with E-state index >= 15 is 0 Å². The number of carboxylic acid groups (broad SMARTS) is 1. The average Bonchev–Trinajstić information content (AvgIpc) is 2.63. The summed E-state index contributed by atoms with van der Waals surface area (Å²) >= 11 is 11.7. The van der Waals surface area contributed by atoms with Gasteiger partial charge in [-0.05, 0) is 77.9 Å². The van der Waals surface area contributed by atoms with Gasteiger partial charge in [0.1, 0.15) is 5.75 Å². The van der Waals surface area contributed by atoms with Crippen molar-refractivity contribution in [1.29, 1.82) is 0 Å². The molecule has 0 heterocycles. The number of amides is 1. The normalized spacial score (nSPS) is 11.4. The summed E-state index contributed by atoms with van der Waals surface area (Å²) in [7, 11) is 0. The topological polar surface area (TPSA) is 87.7 Å². The third kappa shape index (κ3) is 6.02.